The lowest BCUT2D eigenvalue weighted by Gasteiger charge is -2.16. The van der Waals surface area contributed by atoms with Crippen molar-refractivity contribution in [2.45, 2.75) is 163 Å². The first-order chi connectivity index (χ1) is 18.9. The molecule has 216 valence electrons. The largest absolute Gasteiger partial charge is 0.0945 e. The summed E-state index contributed by atoms with van der Waals surface area (Å²) in [6, 6.07) is 14.1. The molecule has 0 saturated carbocycles. The van der Waals surface area contributed by atoms with Gasteiger partial charge in [-0.3, -0.25) is 0 Å². The van der Waals surface area contributed by atoms with Crippen LogP contribution in [0.5, 0.6) is 0 Å². The molecule has 0 amide bonds. The Kier molecular flexibility index (Phi) is 17.0. The van der Waals surface area contributed by atoms with Gasteiger partial charge in [-0.2, -0.15) is 0 Å². The van der Waals surface area contributed by atoms with E-state index < -0.39 is 0 Å². The summed E-state index contributed by atoms with van der Waals surface area (Å²) in [5.74, 6) is 8.32. The van der Waals surface area contributed by atoms with Crippen LogP contribution in [0.3, 0.4) is 0 Å². The fraction of sp³-hybridized carbons (Fsp3) is 0.641. The van der Waals surface area contributed by atoms with Gasteiger partial charge in [-0.25, -0.2) is 0 Å². The van der Waals surface area contributed by atoms with E-state index in [0.29, 0.717) is 11.8 Å². The van der Waals surface area contributed by atoms with Crippen LogP contribution in [-0.2, 0) is 0 Å². The summed E-state index contributed by atoms with van der Waals surface area (Å²) in [5, 5.41) is 0. The Morgan fingerprint density at radius 1 is 0.410 bits per heavy atom. The fourth-order valence-electron chi connectivity index (χ4n) is 6.04. The molecule has 0 heterocycles. The summed E-state index contributed by atoms with van der Waals surface area (Å²) in [6.07, 6.45) is 23.1. The number of hydrogen-bond donors (Lipinski definition) is 0. The average molecular weight is 529 g/mol. The summed E-state index contributed by atoms with van der Waals surface area (Å²) in [5.41, 5.74) is 8.26. The summed E-state index contributed by atoms with van der Waals surface area (Å²) in [7, 11) is 0. The van der Waals surface area contributed by atoms with Gasteiger partial charge in [0.1, 0.15) is 0 Å². The zero-order valence-corrected chi connectivity index (χ0v) is 26.6. The number of aryl methyl sites for hydroxylation is 4. The molecule has 0 aliphatic carbocycles. The summed E-state index contributed by atoms with van der Waals surface area (Å²) in [6.45, 7) is 13.5. The molecule has 2 unspecified atom stereocenters. The van der Waals surface area contributed by atoms with Crippen LogP contribution in [0.1, 0.15) is 168 Å². The van der Waals surface area contributed by atoms with Gasteiger partial charge in [0.05, 0.1) is 0 Å². The Morgan fingerprint density at radius 2 is 0.718 bits per heavy atom. The zero-order valence-electron chi connectivity index (χ0n) is 26.6. The molecule has 0 spiro atoms. The molecule has 39 heavy (non-hydrogen) atoms. The van der Waals surface area contributed by atoms with Gasteiger partial charge >= 0.3 is 0 Å². The van der Waals surface area contributed by atoms with Gasteiger partial charge in [-0.1, -0.05) is 181 Å². The van der Waals surface area contributed by atoms with Crippen molar-refractivity contribution in [3.8, 4) is 11.8 Å². The Bertz CT molecular complexity index is 944. The van der Waals surface area contributed by atoms with Gasteiger partial charge in [0.15, 0.2) is 0 Å². The maximum atomic E-state index is 3.83. The van der Waals surface area contributed by atoms with Crippen molar-refractivity contribution in [3.63, 3.8) is 0 Å². The Hall–Kier alpha value is -2.00. The molecular weight excluding hydrogens is 468 g/mol. The molecule has 0 N–H and O–H groups in total. The van der Waals surface area contributed by atoms with Crippen LogP contribution in [-0.4, -0.2) is 0 Å². The Balaban J connectivity index is 1.94. The third-order valence-electron chi connectivity index (χ3n) is 8.17. The molecule has 2 aromatic rings. The number of hydrogen-bond acceptors (Lipinski definition) is 0. The Morgan fingerprint density at radius 3 is 1.08 bits per heavy atom. The predicted octanol–water partition coefficient (Wildman–Crippen LogP) is 12.5. The van der Waals surface area contributed by atoms with Crippen molar-refractivity contribution in [1.29, 1.82) is 0 Å². The van der Waals surface area contributed by atoms with E-state index in [0.717, 1.165) is 6.42 Å². The second-order valence-corrected chi connectivity index (χ2v) is 12.4. The highest BCUT2D eigenvalue weighted by Crippen LogP contribution is 2.28. The van der Waals surface area contributed by atoms with E-state index in [-0.39, 0.29) is 0 Å². The molecule has 0 bridgehead atoms. The zero-order chi connectivity index (χ0) is 28.3. The highest BCUT2D eigenvalue weighted by atomic mass is 14.2. The smallest absolute Gasteiger partial charge is 0.0452 e. The van der Waals surface area contributed by atoms with Crippen LogP contribution in [0.25, 0.3) is 0 Å². The highest BCUT2D eigenvalue weighted by molar-refractivity contribution is 5.39. The van der Waals surface area contributed by atoms with Gasteiger partial charge in [0.25, 0.3) is 0 Å². The lowest BCUT2D eigenvalue weighted by molar-refractivity contribution is 0.532. The molecule has 0 heteroatoms. The Labute approximate surface area is 243 Å². The normalized spacial score (nSPS) is 12.7. The SMILES string of the molecule is CCCCCCCCCCCCCCCC(C#CC(CCCC)c1cc(C)cc(C)c1)c1cc(C)cc(C)c1. The number of benzene rings is 2. The number of unbranched alkanes of at least 4 members (excludes halogenated alkanes) is 13. The van der Waals surface area contributed by atoms with Crippen molar-refractivity contribution in [2.24, 2.45) is 0 Å². The molecular formula is C39H60. The molecule has 0 fully saturated rings. The van der Waals surface area contributed by atoms with Crippen molar-refractivity contribution >= 4 is 0 Å². The van der Waals surface area contributed by atoms with Crippen molar-refractivity contribution in [3.05, 3.63) is 69.8 Å². The predicted molar refractivity (Wildman–Crippen MR) is 175 cm³/mol. The van der Waals surface area contributed by atoms with Crippen LogP contribution in [0.2, 0.25) is 0 Å². The van der Waals surface area contributed by atoms with Crippen LogP contribution in [0.4, 0.5) is 0 Å². The van der Waals surface area contributed by atoms with Crippen molar-refractivity contribution in [2.75, 3.05) is 0 Å². The minimum absolute atomic E-state index is 0.337. The van der Waals surface area contributed by atoms with Crippen LogP contribution < -0.4 is 0 Å². The van der Waals surface area contributed by atoms with E-state index >= 15 is 0 Å². The average Bonchev–Trinajstić information content (AvgIpc) is 2.88. The fourth-order valence-corrected chi connectivity index (χ4v) is 6.04. The van der Waals surface area contributed by atoms with Gasteiger partial charge in [0.2, 0.25) is 0 Å². The second kappa shape index (κ2) is 20.0. The first-order valence-corrected chi connectivity index (χ1v) is 16.6. The first kappa shape index (κ1) is 33.2. The van der Waals surface area contributed by atoms with E-state index in [4.69, 9.17) is 0 Å². The molecule has 0 radical (unpaired) electrons. The van der Waals surface area contributed by atoms with E-state index in [1.807, 2.05) is 0 Å². The lowest BCUT2D eigenvalue weighted by Crippen LogP contribution is -2.01. The molecule has 0 nitrogen and oxygen atoms in total. The monoisotopic (exact) mass is 528 g/mol. The summed E-state index contributed by atoms with van der Waals surface area (Å²) >= 11 is 0. The molecule has 0 aliphatic rings. The van der Waals surface area contributed by atoms with Crippen molar-refractivity contribution in [1.82, 2.24) is 0 Å². The molecule has 2 atom stereocenters. The maximum absolute atomic E-state index is 3.83. The third-order valence-corrected chi connectivity index (χ3v) is 8.17. The quantitative estimate of drug-likeness (QED) is 0.126. The van der Waals surface area contributed by atoms with E-state index in [1.165, 1.54) is 136 Å². The van der Waals surface area contributed by atoms with E-state index in [2.05, 4.69) is 89.8 Å². The lowest BCUT2D eigenvalue weighted by atomic mass is 9.88. The maximum Gasteiger partial charge on any atom is 0.0452 e. The molecule has 0 aromatic heterocycles. The minimum atomic E-state index is 0.337. The molecule has 2 aromatic carbocycles. The van der Waals surface area contributed by atoms with Gasteiger partial charge < -0.3 is 0 Å². The van der Waals surface area contributed by atoms with Crippen molar-refractivity contribution < 1.29 is 0 Å². The summed E-state index contributed by atoms with van der Waals surface area (Å²) in [4.78, 5) is 0. The topological polar surface area (TPSA) is 0 Å². The van der Waals surface area contributed by atoms with E-state index in [1.54, 1.807) is 0 Å². The standard InChI is InChI=1S/C39H60/c1-7-9-11-12-13-14-15-16-17-18-19-20-21-23-37(39-30-34(5)27-35(6)31-39)25-24-36(22-10-8-2)38-28-32(3)26-33(4)29-38/h26-31,36-37H,7-23H2,1-6H3. The number of rotatable bonds is 19. The second-order valence-electron chi connectivity index (χ2n) is 12.4. The van der Waals surface area contributed by atoms with Gasteiger partial charge in [-0.05, 0) is 51.7 Å². The van der Waals surface area contributed by atoms with Crippen LogP contribution >= 0.6 is 0 Å². The van der Waals surface area contributed by atoms with Gasteiger partial charge in [-0.15, -0.1) is 0 Å². The minimum Gasteiger partial charge on any atom is -0.0945 e. The highest BCUT2D eigenvalue weighted by Gasteiger charge is 2.13. The van der Waals surface area contributed by atoms with Gasteiger partial charge in [0, 0.05) is 11.8 Å². The first-order valence-electron chi connectivity index (χ1n) is 16.6. The third kappa shape index (κ3) is 14.3. The molecule has 2 rings (SSSR count). The van der Waals surface area contributed by atoms with E-state index in [9.17, 15) is 0 Å². The molecule has 0 aliphatic heterocycles. The molecule has 0 saturated heterocycles. The summed E-state index contributed by atoms with van der Waals surface area (Å²) < 4.78 is 0. The van der Waals surface area contributed by atoms with Crippen LogP contribution in [0.15, 0.2) is 36.4 Å². The van der Waals surface area contributed by atoms with Crippen LogP contribution in [0, 0.1) is 39.5 Å².